The van der Waals surface area contributed by atoms with Crippen LogP contribution in [0, 0.1) is 5.92 Å². The van der Waals surface area contributed by atoms with Crippen LogP contribution in [0.1, 0.15) is 49.0 Å². The van der Waals surface area contributed by atoms with Gasteiger partial charge in [-0.2, -0.15) is 0 Å². The fraction of sp³-hybridized carbons (Fsp3) is 0.769. The topological polar surface area (TPSA) is 46.1 Å². The molecule has 1 aliphatic carbocycles. The van der Waals surface area contributed by atoms with E-state index in [0.29, 0.717) is 15.6 Å². The average molecular weight is 346 g/mol. The third-order valence-electron chi connectivity index (χ3n) is 3.45. The number of nitrogens with zero attached hydrogens (tertiary/aromatic N) is 3. The maximum atomic E-state index is 12.5. The third-order valence-corrected chi connectivity index (χ3v) is 4.91. The van der Waals surface area contributed by atoms with Crippen molar-refractivity contribution < 1.29 is 4.79 Å². The summed E-state index contributed by atoms with van der Waals surface area (Å²) in [5.74, 6) is 0.676. The largest absolute Gasteiger partial charge is 0.341 e. The molecule has 1 aromatic rings. The van der Waals surface area contributed by atoms with E-state index in [4.69, 9.17) is 0 Å². The lowest BCUT2D eigenvalue weighted by atomic mass is 9.85. The summed E-state index contributed by atoms with van der Waals surface area (Å²) in [7, 11) is 1.87. The molecule has 0 saturated heterocycles. The molecule has 1 fully saturated rings. The fourth-order valence-corrected chi connectivity index (χ4v) is 4.20. The van der Waals surface area contributed by atoms with Gasteiger partial charge in [-0.3, -0.25) is 4.79 Å². The molecule has 0 N–H and O–H groups in total. The van der Waals surface area contributed by atoms with Crippen LogP contribution in [0.5, 0.6) is 0 Å². The first kappa shape index (κ1) is 14.9. The van der Waals surface area contributed by atoms with Crippen molar-refractivity contribution in [1.29, 1.82) is 0 Å². The van der Waals surface area contributed by atoms with Crippen LogP contribution in [0.15, 0.2) is 0 Å². The van der Waals surface area contributed by atoms with Crippen molar-refractivity contribution in [2.75, 3.05) is 13.6 Å². The first-order chi connectivity index (χ1) is 8.79. The standard InChI is InChI=1S/C13H20BrN3OS/c1-13(2,3)11-10(19-16-15-11)12(18)17(4)7-8-5-9(14)6-8/h8-9H,5-7H2,1-4H3. The first-order valence-electron chi connectivity index (χ1n) is 6.51. The Kier molecular flexibility index (Phi) is 4.30. The summed E-state index contributed by atoms with van der Waals surface area (Å²) < 4.78 is 3.95. The van der Waals surface area contributed by atoms with Crippen molar-refractivity contribution in [3.8, 4) is 0 Å². The van der Waals surface area contributed by atoms with Gasteiger partial charge in [0.15, 0.2) is 0 Å². The minimum absolute atomic E-state index is 0.0537. The van der Waals surface area contributed by atoms with Crippen LogP contribution < -0.4 is 0 Å². The number of rotatable bonds is 3. The third kappa shape index (κ3) is 3.34. The molecule has 1 heterocycles. The molecular weight excluding hydrogens is 326 g/mol. The van der Waals surface area contributed by atoms with E-state index in [1.54, 1.807) is 0 Å². The lowest BCUT2D eigenvalue weighted by molar-refractivity contribution is 0.0751. The van der Waals surface area contributed by atoms with Gasteiger partial charge in [0.2, 0.25) is 0 Å². The van der Waals surface area contributed by atoms with E-state index in [1.807, 2.05) is 11.9 Å². The highest BCUT2D eigenvalue weighted by Crippen LogP contribution is 2.34. The Balaban J connectivity index is 2.05. The van der Waals surface area contributed by atoms with E-state index in [9.17, 15) is 4.79 Å². The zero-order valence-electron chi connectivity index (χ0n) is 11.8. The summed E-state index contributed by atoms with van der Waals surface area (Å²) in [5.41, 5.74) is 0.664. The Bertz CT molecular complexity index is 463. The lowest BCUT2D eigenvalue weighted by Crippen LogP contribution is -2.38. The Morgan fingerprint density at radius 2 is 2.11 bits per heavy atom. The molecule has 0 spiro atoms. The molecular formula is C13H20BrN3OS. The molecule has 2 rings (SSSR count). The zero-order valence-corrected chi connectivity index (χ0v) is 14.2. The summed E-state index contributed by atoms with van der Waals surface area (Å²) in [6, 6.07) is 0. The molecule has 1 amide bonds. The number of aromatic nitrogens is 2. The summed E-state index contributed by atoms with van der Waals surface area (Å²) in [5, 5.41) is 4.13. The number of hydrogen-bond donors (Lipinski definition) is 0. The van der Waals surface area contributed by atoms with Gasteiger partial charge in [-0.05, 0) is 30.3 Å². The molecule has 4 nitrogen and oxygen atoms in total. The van der Waals surface area contributed by atoms with Crippen LogP contribution in [0.3, 0.4) is 0 Å². The monoisotopic (exact) mass is 345 g/mol. The van der Waals surface area contributed by atoms with E-state index >= 15 is 0 Å². The fourth-order valence-electron chi connectivity index (χ4n) is 2.27. The molecule has 106 valence electrons. The maximum absolute atomic E-state index is 12.5. The molecule has 19 heavy (non-hydrogen) atoms. The van der Waals surface area contributed by atoms with Crippen LogP contribution >= 0.6 is 27.5 Å². The normalized spacial score (nSPS) is 23.0. The van der Waals surface area contributed by atoms with E-state index in [2.05, 4.69) is 46.3 Å². The summed E-state index contributed by atoms with van der Waals surface area (Å²) in [6.07, 6.45) is 2.31. The lowest BCUT2D eigenvalue weighted by Gasteiger charge is -2.34. The van der Waals surface area contributed by atoms with Crippen molar-refractivity contribution in [3.63, 3.8) is 0 Å². The van der Waals surface area contributed by atoms with Crippen LogP contribution in [-0.4, -0.2) is 38.8 Å². The van der Waals surface area contributed by atoms with Gasteiger partial charge in [0.1, 0.15) is 4.88 Å². The highest BCUT2D eigenvalue weighted by molar-refractivity contribution is 9.09. The summed E-state index contributed by atoms with van der Waals surface area (Å²) >= 11 is 4.79. The highest BCUT2D eigenvalue weighted by Gasteiger charge is 2.32. The van der Waals surface area contributed by atoms with Gasteiger partial charge >= 0.3 is 0 Å². The predicted octanol–water partition coefficient (Wildman–Crippen LogP) is 3.08. The highest BCUT2D eigenvalue weighted by atomic mass is 79.9. The van der Waals surface area contributed by atoms with Crippen LogP contribution in [-0.2, 0) is 5.41 Å². The minimum atomic E-state index is -0.143. The van der Waals surface area contributed by atoms with Gasteiger partial charge in [0.25, 0.3) is 5.91 Å². The Labute approximate surface area is 126 Å². The quantitative estimate of drug-likeness (QED) is 0.790. The van der Waals surface area contributed by atoms with Crippen molar-refractivity contribution >= 4 is 33.4 Å². The molecule has 1 aliphatic rings. The van der Waals surface area contributed by atoms with Gasteiger partial charge in [-0.15, -0.1) is 5.10 Å². The molecule has 6 heteroatoms. The van der Waals surface area contributed by atoms with E-state index in [-0.39, 0.29) is 11.3 Å². The summed E-state index contributed by atoms with van der Waals surface area (Å²) in [4.78, 5) is 15.6. The average Bonchev–Trinajstić information content (AvgIpc) is 2.74. The van der Waals surface area contributed by atoms with E-state index < -0.39 is 0 Å². The molecule has 0 radical (unpaired) electrons. The van der Waals surface area contributed by atoms with Crippen LogP contribution in [0.2, 0.25) is 0 Å². The first-order valence-corrected chi connectivity index (χ1v) is 8.20. The minimum Gasteiger partial charge on any atom is -0.341 e. The number of halogens is 1. The maximum Gasteiger partial charge on any atom is 0.267 e. The second-order valence-electron chi connectivity index (χ2n) is 6.32. The van der Waals surface area contributed by atoms with Crippen molar-refractivity contribution in [3.05, 3.63) is 10.6 Å². The Hall–Kier alpha value is -0.490. The van der Waals surface area contributed by atoms with E-state index in [0.717, 1.165) is 25.1 Å². The molecule has 0 atom stereocenters. The van der Waals surface area contributed by atoms with Crippen LogP contribution in [0.25, 0.3) is 0 Å². The second kappa shape index (κ2) is 5.48. The number of alkyl halides is 1. The predicted molar refractivity (Wildman–Crippen MR) is 81.0 cm³/mol. The van der Waals surface area contributed by atoms with Crippen molar-refractivity contribution in [2.45, 2.75) is 43.9 Å². The van der Waals surface area contributed by atoms with Gasteiger partial charge in [0.05, 0.1) is 5.69 Å². The number of hydrogen-bond acceptors (Lipinski definition) is 4. The Morgan fingerprint density at radius 3 is 2.63 bits per heavy atom. The molecule has 0 aromatic carbocycles. The van der Waals surface area contributed by atoms with E-state index in [1.165, 1.54) is 11.5 Å². The SMILES string of the molecule is CN(CC1CC(Br)C1)C(=O)c1snnc1C(C)(C)C. The number of amides is 1. The summed E-state index contributed by atoms with van der Waals surface area (Å²) in [6.45, 7) is 6.99. The van der Waals surface area contributed by atoms with Gasteiger partial charge in [-0.25, -0.2) is 0 Å². The Morgan fingerprint density at radius 1 is 1.47 bits per heavy atom. The van der Waals surface area contributed by atoms with Crippen molar-refractivity contribution in [1.82, 2.24) is 14.5 Å². The number of carbonyl (C=O) groups excluding carboxylic acids is 1. The molecule has 0 bridgehead atoms. The van der Waals surface area contributed by atoms with Gasteiger partial charge in [0, 0.05) is 23.8 Å². The molecule has 0 aliphatic heterocycles. The van der Waals surface area contributed by atoms with Crippen molar-refractivity contribution in [2.24, 2.45) is 5.92 Å². The number of carbonyl (C=O) groups is 1. The van der Waals surface area contributed by atoms with Gasteiger partial charge < -0.3 is 4.90 Å². The second-order valence-corrected chi connectivity index (χ2v) is 8.37. The molecule has 1 saturated carbocycles. The van der Waals surface area contributed by atoms with Crippen LogP contribution in [0.4, 0.5) is 0 Å². The van der Waals surface area contributed by atoms with Gasteiger partial charge in [-0.1, -0.05) is 41.2 Å². The zero-order chi connectivity index (χ0) is 14.2. The molecule has 0 unspecified atom stereocenters. The smallest absolute Gasteiger partial charge is 0.267 e. The molecule has 1 aromatic heterocycles.